The van der Waals surface area contributed by atoms with Crippen molar-refractivity contribution in [1.29, 1.82) is 0 Å². The first-order valence-electron chi connectivity index (χ1n) is 12.8. The molecule has 10 heteroatoms. The maximum absolute atomic E-state index is 13.0. The van der Waals surface area contributed by atoms with E-state index in [2.05, 4.69) is 44.7 Å². The van der Waals surface area contributed by atoms with E-state index in [-0.39, 0.29) is 30.7 Å². The van der Waals surface area contributed by atoms with E-state index in [9.17, 15) is 14.4 Å². The summed E-state index contributed by atoms with van der Waals surface area (Å²) in [7, 11) is 0. The summed E-state index contributed by atoms with van der Waals surface area (Å²) in [5.41, 5.74) is 3.12. The van der Waals surface area contributed by atoms with Crippen molar-refractivity contribution >= 4 is 34.4 Å². The van der Waals surface area contributed by atoms with Gasteiger partial charge in [0.05, 0.1) is 16.8 Å². The van der Waals surface area contributed by atoms with E-state index >= 15 is 0 Å². The number of amides is 3. The van der Waals surface area contributed by atoms with Crippen LogP contribution in [0.5, 0.6) is 5.75 Å². The topological polar surface area (TPSA) is 138 Å². The lowest BCUT2D eigenvalue weighted by Crippen LogP contribution is -2.54. The second-order valence-corrected chi connectivity index (χ2v) is 10.9. The zero-order valence-electron chi connectivity index (χ0n) is 20.9. The number of ether oxygens (including phenoxy) is 1. The number of rotatable bonds is 6. The molecule has 2 bridgehead atoms. The molecule has 1 aromatic carbocycles. The van der Waals surface area contributed by atoms with Crippen LogP contribution in [0.1, 0.15) is 59.5 Å². The van der Waals surface area contributed by atoms with E-state index in [0.717, 1.165) is 17.9 Å². The molecule has 192 valence electrons. The van der Waals surface area contributed by atoms with E-state index in [0.29, 0.717) is 51.8 Å². The molecule has 3 aliphatic carbocycles. The molecule has 1 unspecified atom stereocenters. The van der Waals surface area contributed by atoms with Gasteiger partial charge in [0.15, 0.2) is 12.3 Å². The molecule has 3 aromatic rings. The minimum Gasteiger partial charge on any atom is -0.482 e. The van der Waals surface area contributed by atoms with E-state index in [1.165, 1.54) is 19.2 Å². The molecule has 10 nitrogen and oxygen atoms in total. The quantitative estimate of drug-likeness (QED) is 0.409. The summed E-state index contributed by atoms with van der Waals surface area (Å²) in [4.78, 5) is 49.0. The molecule has 3 saturated carbocycles. The first kappa shape index (κ1) is 23.4. The number of carbonyl (C=O) groups excluding carboxylic acids is 3. The summed E-state index contributed by atoms with van der Waals surface area (Å²) in [6.45, 7) is 5.56. The number of fused-ring (bicyclic) bond motifs is 4. The van der Waals surface area contributed by atoms with Crippen molar-refractivity contribution in [1.82, 2.24) is 25.6 Å². The van der Waals surface area contributed by atoms with Gasteiger partial charge in [-0.15, -0.1) is 0 Å². The van der Waals surface area contributed by atoms with E-state index < -0.39 is 5.91 Å². The van der Waals surface area contributed by atoms with Gasteiger partial charge in [-0.25, -0.2) is 9.97 Å². The average Bonchev–Trinajstić information content (AvgIpc) is 3.34. The number of aromatic nitrogens is 3. The normalized spacial score (nSPS) is 23.3. The number of carbonyl (C=O) groups is 3. The zero-order valence-corrected chi connectivity index (χ0v) is 20.9. The number of aromatic amines is 1. The van der Waals surface area contributed by atoms with Gasteiger partial charge < -0.3 is 25.7 Å². The van der Waals surface area contributed by atoms with Crippen LogP contribution in [0, 0.1) is 23.2 Å². The summed E-state index contributed by atoms with van der Waals surface area (Å²) in [6, 6.07) is 5.34. The van der Waals surface area contributed by atoms with Gasteiger partial charge in [-0.2, -0.15) is 0 Å². The van der Waals surface area contributed by atoms with E-state index in [4.69, 9.17) is 4.74 Å². The predicted molar refractivity (Wildman–Crippen MR) is 136 cm³/mol. The van der Waals surface area contributed by atoms with Crippen LogP contribution in [0.25, 0.3) is 11.0 Å². The number of hydrogen-bond donors (Lipinski definition) is 4. The highest BCUT2D eigenvalue weighted by Crippen LogP contribution is 2.61. The molecular weight excluding hydrogens is 472 g/mol. The first-order valence-corrected chi connectivity index (χ1v) is 12.8. The third kappa shape index (κ3) is 4.10. The molecule has 3 amide bonds. The standard InChI is InChI=1S/C27H30N6O4/c1-27(2)16-5-4-15(18(27)8-16)10-30-25(35)17-11-28-23-22(17)31-13-32-24(23)26(36)29-9-14-3-6-20-19(7-14)33-21(34)12-37-20/h3,6-7,11,13,15-16,18,28H,4-5,8-10,12H2,1-2H3,(H,29,36)(H,30,35)(H,33,34)/t15?,16-,18-/m1/s1. The van der Waals surface area contributed by atoms with Crippen LogP contribution < -0.4 is 20.7 Å². The Labute approximate surface area is 214 Å². The smallest absolute Gasteiger partial charge is 0.272 e. The monoisotopic (exact) mass is 502 g/mol. The number of hydrogen-bond acceptors (Lipinski definition) is 6. The second kappa shape index (κ2) is 8.86. The summed E-state index contributed by atoms with van der Waals surface area (Å²) in [5, 5.41) is 8.71. The largest absolute Gasteiger partial charge is 0.482 e. The van der Waals surface area contributed by atoms with Gasteiger partial charge in [0, 0.05) is 19.3 Å². The first-order chi connectivity index (χ1) is 17.8. The van der Waals surface area contributed by atoms with Gasteiger partial charge >= 0.3 is 0 Å². The number of nitrogens with one attached hydrogen (secondary N) is 4. The fourth-order valence-corrected chi connectivity index (χ4v) is 6.32. The highest BCUT2D eigenvalue weighted by atomic mass is 16.5. The van der Waals surface area contributed by atoms with Crippen molar-refractivity contribution in [3.63, 3.8) is 0 Å². The fourth-order valence-electron chi connectivity index (χ4n) is 6.32. The Kier molecular flexibility index (Phi) is 5.62. The van der Waals surface area contributed by atoms with Crippen molar-refractivity contribution in [2.24, 2.45) is 23.2 Å². The Hall–Kier alpha value is -3.95. The van der Waals surface area contributed by atoms with Gasteiger partial charge in [0.2, 0.25) is 0 Å². The Morgan fingerprint density at radius 1 is 1.16 bits per heavy atom. The molecule has 7 rings (SSSR count). The summed E-state index contributed by atoms with van der Waals surface area (Å²) >= 11 is 0. The predicted octanol–water partition coefficient (Wildman–Crippen LogP) is 3.02. The number of nitrogens with zero attached hydrogens (tertiary/aromatic N) is 2. The third-order valence-corrected chi connectivity index (χ3v) is 8.58. The van der Waals surface area contributed by atoms with Crippen LogP contribution in [-0.2, 0) is 11.3 Å². The van der Waals surface area contributed by atoms with Gasteiger partial charge in [0.1, 0.15) is 17.6 Å². The molecule has 4 N–H and O–H groups in total. The Morgan fingerprint density at radius 3 is 2.84 bits per heavy atom. The van der Waals surface area contributed by atoms with Crippen molar-refractivity contribution < 1.29 is 19.1 Å². The molecule has 37 heavy (non-hydrogen) atoms. The van der Waals surface area contributed by atoms with Crippen LogP contribution in [0.15, 0.2) is 30.7 Å². The van der Waals surface area contributed by atoms with Crippen LogP contribution in [0.4, 0.5) is 5.69 Å². The summed E-state index contributed by atoms with van der Waals surface area (Å²) in [6.07, 6.45) is 6.54. The zero-order chi connectivity index (χ0) is 25.7. The average molecular weight is 503 g/mol. The lowest BCUT2D eigenvalue weighted by Gasteiger charge is -2.60. The molecule has 3 atom stereocenters. The Bertz CT molecular complexity index is 1410. The third-order valence-electron chi connectivity index (χ3n) is 8.58. The van der Waals surface area contributed by atoms with Gasteiger partial charge in [-0.05, 0) is 60.1 Å². The molecule has 0 spiro atoms. The molecule has 4 aliphatic rings. The summed E-state index contributed by atoms with van der Waals surface area (Å²) in [5.74, 6) is 1.74. The van der Waals surface area contributed by atoms with Crippen LogP contribution >= 0.6 is 0 Å². The molecular formula is C27H30N6O4. The second-order valence-electron chi connectivity index (χ2n) is 10.9. The summed E-state index contributed by atoms with van der Waals surface area (Å²) < 4.78 is 5.37. The minimum atomic E-state index is -0.400. The molecule has 0 saturated heterocycles. The SMILES string of the molecule is CC1(C)[C@@H]2CCC(CNC(=O)c3c[nH]c4c(C(=O)NCc5ccc6c(c5)NC(=O)CO6)ncnc34)[C@H]1C2. The van der Waals surface area contributed by atoms with Gasteiger partial charge in [-0.3, -0.25) is 14.4 Å². The maximum atomic E-state index is 13.0. The van der Waals surface area contributed by atoms with Gasteiger partial charge in [-0.1, -0.05) is 19.9 Å². The molecule has 1 aliphatic heterocycles. The minimum absolute atomic E-state index is 0.0113. The molecule has 3 fully saturated rings. The van der Waals surface area contributed by atoms with Crippen molar-refractivity contribution in [3.05, 3.63) is 47.5 Å². The molecule has 2 aromatic heterocycles. The van der Waals surface area contributed by atoms with Gasteiger partial charge in [0.25, 0.3) is 17.7 Å². The number of anilines is 1. The highest BCUT2D eigenvalue weighted by molar-refractivity contribution is 6.10. The number of benzene rings is 1. The van der Waals surface area contributed by atoms with Crippen molar-refractivity contribution in [2.45, 2.75) is 39.7 Å². The lowest BCUT2D eigenvalue weighted by atomic mass is 9.45. The van der Waals surface area contributed by atoms with Crippen LogP contribution in [0.3, 0.4) is 0 Å². The van der Waals surface area contributed by atoms with E-state index in [1.54, 1.807) is 18.3 Å². The maximum Gasteiger partial charge on any atom is 0.272 e. The Balaban J connectivity index is 1.12. The Morgan fingerprint density at radius 2 is 2.03 bits per heavy atom. The molecule has 3 heterocycles. The molecule has 0 radical (unpaired) electrons. The fraction of sp³-hybridized carbons (Fsp3) is 0.444. The van der Waals surface area contributed by atoms with Crippen molar-refractivity contribution in [2.75, 3.05) is 18.5 Å². The van der Waals surface area contributed by atoms with E-state index in [1.807, 2.05) is 6.07 Å². The lowest BCUT2D eigenvalue weighted by molar-refractivity contribution is -0.118. The van der Waals surface area contributed by atoms with Crippen LogP contribution in [-0.4, -0.2) is 45.8 Å². The number of H-pyrrole nitrogens is 1. The highest BCUT2D eigenvalue weighted by Gasteiger charge is 2.53. The van der Waals surface area contributed by atoms with Crippen LogP contribution in [0.2, 0.25) is 0 Å². The van der Waals surface area contributed by atoms with Crippen molar-refractivity contribution in [3.8, 4) is 5.75 Å².